The lowest BCUT2D eigenvalue weighted by atomic mass is 10.2. The number of para-hydroxylation sites is 1. The summed E-state index contributed by atoms with van der Waals surface area (Å²) in [6.07, 6.45) is 0. The van der Waals surface area contributed by atoms with Crippen molar-refractivity contribution in [3.05, 3.63) is 30.3 Å². The molecule has 0 aliphatic rings. The van der Waals surface area contributed by atoms with Crippen LogP contribution in [-0.2, 0) is 0 Å². The Morgan fingerprint density at radius 2 is 1.69 bits per heavy atom. The minimum absolute atomic E-state index is 0. The van der Waals surface area contributed by atoms with Crippen LogP contribution in [0.1, 0.15) is 0 Å². The van der Waals surface area contributed by atoms with Crippen molar-refractivity contribution >= 4 is 17.3 Å². The zero-order valence-electron chi connectivity index (χ0n) is 8.00. The number of hydrogen-bond acceptors (Lipinski definition) is 0. The Labute approximate surface area is 91.3 Å². The summed E-state index contributed by atoms with van der Waals surface area (Å²) in [5.41, 5.74) is 1.30. The van der Waals surface area contributed by atoms with Crippen molar-refractivity contribution < 1.29 is 12.4 Å². The Bertz CT molecular complexity index is 234. The molecule has 3 heteroatoms. The fraction of sp³-hybridized carbons (Fsp3) is 0.400. The SMILES string of the molecule is C[N+](C)(CCCl)c1ccccc1.[Cl-]. The average molecular weight is 220 g/mol. The normalized spacial score (nSPS) is 10.7. The number of halogens is 2. The van der Waals surface area contributed by atoms with Gasteiger partial charge in [0.05, 0.1) is 26.5 Å². The first-order chi connectivity index (χ1) is 5.67. The van der Waals surface area contributed by atoms with Gasteiger partial charge in [0.2, 0.25) is 0 Å². The van der Waals surface area contributed by atoms with Crippen molar-refractivity contribution in [1.82, 2.24) is 4.48 Å². The van der Waals surface area contributed by atoms with Crippen LogP contribution in [0.3, 0.4) is 0 Å². The lowest BCUT2D eigenvalue weighted by molar-refractivity contribution is -0.00000258. The van der Waals surface area contributed by atoms with E-state index in [4.69, 9.17) is 11.6 Å². The molecule has 0 saturated carbocycles. The van der Waals surface area contributed by atoms with E-state index in [-0.39, 0.29) is 12.4 Å². The van der Waals surface area contributed by atoms with Gasteiger partial charge in [-0.2, -0.15) is 0 Å². The summed E-state index contributed by atoms with van der Waals surface area (Å²) < 4.78 is 0.852. The molecule has 1 aromatic carbocycles. The van der Waals surface area contributed by atoms with Gasteiger partial charge in [0.25, 0.3) is 0 Å². The highest BCUT2D eigenvalue weighted by Gasteiger charge is 2.16. The Morgan fingerprint density at radius 1 is 1.15 bits per heavy atom. The summed E-state index contributed by atoms with van der Waals surface area (Å²) in [6, 6.07) is 10.4. The van der Waals surface area contributed by atoms with E-state index in [1.54, 1.807) is 0 Å². The van der Waals surface area contributed by atoms with Gasteiger partial charge in [0, 0.05) is 0 Å². The molecule has 0 fully saturated rings. The molecule has 0 radical (unpaired) electrons. The zero-order chi connectivity index (χ0) is 9.03. The second-order valence-corrected chi connectivity index (χ2v) is 3.81. The van der Waals surface area contributed by atoms with Gasteiger partial charge in [0.1, 0.15) is 5.69 Å². The molecule has 0 saturated heterocycles. The maximum Gasteiger partial charge on any atom is 0.132 e. The molecule has 0 atom stereocenters. The fourth-order valence-electron chi connectivity index (χ4n) is 1.17. The van der Waals surface area contributed by atoms with Crippen LogP contribution in [0.2, 0.25) is 0 Å². The summed E-state index contributed by atoms with van der Waals surface area (Å²) in [6.45, 7) is 0.964. The molecule has 0 N–H and O–H groups in total. The molecule has 74 valence electrons. The van der Waals surface area contributed by atoms with Crippen molar-refractivity contribution in [3.63, 3.8) is 0 Å². The van der Waals surface area contributed by atoms with Crippen LogP contribution in [-0.4, -0.2) is 26.5 Å². The van der Waals surface area contributed by atoms with Gasteiger partial charge in [-0.1, -0.05) is 18.2 Å². The molecule has 0 bridgehead atoms. The number of alkyl halides is 1. The predicted octanol–water partition coefficient (Wildman–Crippen LogP) is -0.504. The lowest BCUT2D eigenvalue weighted by Crippen LogP contribution is -3.00. The third kappa shape index (κ3) is 3.55. The maximum atomic E-state index is 5.72. The average Bonchev–Trinajstić information content (AvgIpc) is 2.06. The Morgan fingerprint density at radius 3 is 2.15 bits per heavy atom. The second-order valence-electron chi connectivity index (χ2n) is 3.43. The molecular formula is C10H15Cl2N. The van der Waals surface area contributed by atoms with E-state index in [2.05, 4.69) is 38.4 Å². The first-order valence-electron chi connectivity index (χ1n) is 4.11. The first-order valence-corrected chi connectivity index (χ1v) is 4.65. The summed E-state index contributed by atoms with van der Waals surface area (Å²) >= 11 is 5.72. The van der Waals surface area contributed by atoms with Crippen LogP contribution >= 0.6 is 11.6 Å². The Hall–Kier alpha value is -0.240. The Balaban J connectivity index is 0.00000144. The van der Waals surface area contributed by atoms with E-state index in [0.29, 0.717) is 5.88 Å². The standard InChI is InChI=1S/C10H15ClN.ClH/c1-12(2,9-8-11)10-6-4-3-5-7-10;/h3-7H,8-9H2,1-2H3;1H/q+1;/p-1. The summed E-state index contributed by atoms with van der Waals surface area (Å²) in [4.78, 5) is 0. The quantitative estimate of drug-likeness (QED) is 0.475. The van der Waals surface area contributed by atoms with Crippen LogP contribution in [0, 0.1) is 0 Å². The van der Waals surface area contributed by atoms with Crippen molar-refractivity contribution in [2.24, 2.45) is 0 Å². The van der Waals surface area contributed by atoms with Gasteiger partial charge in [-0.05, 0) is 12.1 Å². The van der Waals surface area contributed by atoms with Gasteiger partial charge >= 0.3 is 0 Å². The summed E-state index contributed by atoms with van der Waals surface area (Å²) in [5.74, 6) is 0.696. The lowest BCUT2D eigenvalue weighted by Gasteiger charge is -2.28. The molecule has 1 rings (SSSR count). The van der Waals surface area contributed by atoms with Crippen molar-refractivity contribution in [1.29, 1.82) is 0 Å². The van der Waals surface area contributed by atoms with Crippen LogP contribution in [0.4, 0.5) is 5.69 Å². The second kappa shape index (κ2) is 5.48. The largest absolute Gasteiger partial charge is 1.00 e. The predicted molar refractivity (Wildman–Crippen MR) is 55.7 cm³/mol. The highest BCUT2D eigenvalue weighted by molar-refractivity contribution is 6.18. The van der Waals surface area contributed by atoms with Crippen molar-refractivity contribution in [3.8, 4) is 0 Å². The minimum Gasteiger partial charge on any atom is -1.00 e. The molecule has 0 spiro atoms. The zero-order valence-corrected chi connectivity index (χ0v) is 9.52. The molecule has 0 amide bonds. The van der Waals surface area contributed by atoms with E-state index in [1.165, 1.54) is 5.69 Å². The fourth-order valence-corrected chi connectivity index (χ4v) is 1.59. The van der Waals surface area contributed by atoms with Crippen LogP contribution in [0.5, 0.6) is 0 Å². The van der Waals surface area contributed by atoms with Gasteiger partial charge in [-0.25, -0.2) is 0 Å². The molecule has 1 aromatic rings. The smallest absolute Gasteiger partial charge is 0.132 e. The van der Waals surface area contributed by atoms with E-state index in [0.717, 1.165) is 11.0 Å². The minimum atomic E-state index is 0. The highest BCUT2D eigenvalue weighted by Crippen LogP contribution is 2.17. The van der Waals surface area contributed by atoms with Crippen LogP contribution in [0.15, 0.2) is 30.3 Å². The van der Waals surface area contributed by atoms with E-state index < -0.39 is 0 Å². The molecule has 0 unspecified atom stereocenters. The van der Waals surface area contributed by atoms with E-state index >= 15 is 0 Å². The first kappa shape index (κ1) is 12.8. The number of benzene rings is 1. The number of hydrogen-bond donors (Lipinski definition) is 0. The number of rotatable bonds is 3. The third-order valence-electron chi connectivity index (χ3n) is 2.10. The van der Waals surface area contributed by atoms with Gasteiger partial charge in [-0.3, -0.25) is 4.48 Å². The van der Waals surface area contributed by atoms with Gasteiger partial charge < -0.3 is 12.4 Å². The summed E-state index contributed by atoms with van der Waals surface area (Å²) in [5, 5.41) is 0. The van der Waals surface area contributed by atoms with Gasteiger partial charge in [-0.15, -0.1) is 11.6 Å². The highest BCUT2D eigenvalue weighted by atomic mass is 35.5. The van der Waals surface area contributed by atoms with Crippen LogP contribution < -0.4 is 16.9 Å². The molecule has 0 aliphatic carbocycles. The Kier molecular flexibility index (Phi) is 5.38. The molecule has 0 aliphatic heterocycles. The number of quaternary nitrogens is 1. The van der Waals surface area contributed by atoms with Gasteiger partial charge in [0.15, 0.2) is 0 Å². The third-order valence-corrected chi connectivity index (χ3v) is 2.27. The maximum absolute atomic E-state index is 5.72. The van der Waals surface area contributed by atoms with Crippen LogP contribution in [0.25, 0.3) is 0 Å². The van der Waals surface area contributed by atoms with Crippen molar-refractivity contribution in [2.45, 2.75) is 0 Å². The topological polar surface area (TPSA) is 0 Å². The van der Waals surface area contributed by atoms with E-state index in [1.807, 2.05) is 6.07 Å². The van der Waals surface area contributed by atoms with E-state index in [9.17, 15) is 0 Å². The molecule has 1 nitrogen and oxygen atoms in total. The monoisotopic (exact) mass is 219 g/mol. The molecule has 0 aromatic heterocycles. The number of nitrogens with zero attached hydrogens (tertiary/aromatic N) is 1. The molecule has 13 heavy (non-hydrogen) atoms. The molecule has 0 heterocycles. The summed E-state index contributed by atoms with van der Waals surface area (Å²) in [7, 11) is 4.33. The van der Waals surface area contributed by atoms with Crippen molar-refractivity contribution in [2.75, 3.05) is 26.5 Å². The molecular weight excluding hydrogens is 205 g/mol.